The Bertz CT molecular complexity index is 915. The van der Waals surface area contributed by atoms with E-state index in [1.807, 2.05) is 56.3 Å². The topological polar surface area (TPSA) is 102 Å². The van der Waals surface area contributed by atoms with Gasteiger partial charge in [0.05, 0.1) is 18.8 Å². The first kappa shape index (κ1) is 26.1. The fourth-order valence-corrected chi connectivity index (χ4v) is 3.57. The molecule has 0 saturated carbocycles. The molecule has 0 aliphatic carbocycles. The van der Waals surface area contributed by atoms with Crippen LogP contribution in [0.25, 0.3) is 0 Å². The summed E-state index contributed by atoms with van der Waals surface area (Å²) in [5.41, 5.74) is 11.4. The lowest BCUT2D eigenvalue weighted by Crippen LogP contribution is -2.53. The Kier molecular flexibility index (Phi) is 10.6. The molecular weight excluding hydrogens is 418 g/mol. The maximum atomic E-state index is 13.3. The summed E-state index contributed by atoms with van der Waals surface area (Å²) in [6, 6.07) is 16.4. The van der Waals surface area contributed by atoms with E-state index in [1.54, 1.807) is 12.1 Å². The Morgan fingerprint density at radius 2 is 1.64 bits per heavy atom. The van der Waals surface area contributed by atoms with Crippen LogP contribution in [0, 0.1) is 5.92 Å². The minimum atomic E-state index is -0.761. The number of aryl methyl sites for hydroxylation is 2. The third-order valence-corrected chi connectivity index (χ3v) is 5.27. The number of nitrogens with one attached hydrogen (secondary N) is 1. The number of hydrogen-bond donors (Lipinski definition) is 2. The van der Waals surface area contributed by atoms with Crippen LogP contribution in [-0.2, 0) is 32.0 Å². The number of benzene rings is 2. The van der Waals surface area contributed by atoms with Crippen molar-refractivity contribution in [3.05, 3.63) is 65.7 Å². The van der Waals surface area contributed by atoms with Crippen LogP contribution < -0.4 is 16.2 Å². The predicted octanol–water partition coefficient (Wildman–Crippen LogP) is 3.55. The van der Waals surface area contributed by atoms with Crippen LogP contribution in [0.4, 0.5) is 5.69 Å². The van der Waals surface area contributed by atoms with Crippen LogP contribution >= 0.6 is 0 Å². The molecule has 2 amide bonds. The van der Waals surface area contributed by atoms with Gasteiger partial charge in [-0.2, -0.15) is 0 Å². The number of rotatable bonds is 11. The molecule has 0 radical (unpaired) electrons. The molecule has 1 atom stereocenters. The van der Waals surface area contributed by atoms with Crippen molar-refractivity contribution in [3.63, 3.8) is 0 Å². The number of ether oxygens (including phenoxy) is 1. The molecule has 0 fully saturated rings. The summed E-state index contributed by atoms with van der Waals surface area (Å²) in [5.74, 6) is -0.768. The van der Waals surface area contributed by atoms with Crippen molar-refractivity contribution in [3.8, 4) is 0 Å². The van der Waals surface area contributed by atoms with Gasteiger partial charge in [0.25, 0.3) is 5.91 Å². The molecule has 1 unspecified atom stereocenters. The molecule has 0 aliphatic rings. The van der Waals surface area contributed by atoms with Crippen molar-refractivity contribution in [2.75, 3.05) is 12.1 Å². The monoisotopic (exact) mass is 453 g/mol. The number of nitrogens with zero attached hydrogens (tertiary/aromatic N) is 1. The van der Waals surface area contributed by atoms with E-state index >= 15 is 0 Å². The molecule has 0 saturated heterocycles. The molecule has 7 heteroatoms. The highest BCUT2D eigenvalue weighted by molar-refractivity contribution is 6.00. The lowest BCUT2D eigenvalue weighted by Gasteiger charge is -2.28. The maximum absolute atomic E-state index is 13.3. The predicted molar refractivity (Wildman–Crippen MR) is 129 cm³/mol. The van der Waals surface area contributed by atoms with Crippen LogP contribution in [-0.4, -0.2) is 30.9 Å². The van der Waals surface area contributed by atoms with E-state index in [2.05, 4.69) is 5.43 Å². The highest BCUT2D eigenvalue weighted by Crippen LogP contribution is 2.22. The summed E-state index contributed by atoms with van der Waals surface area (Å²) >= 11 is 0. The summed E-state index contributed by atoms with van der Waals surface area (Å²) in [4.78, 5) is 37.7. The van der Waals surface area contributed by atoms with Crippen LogP contribution in [0.15, 0.2) is 54.6 Å². The molecule has 33 heavy (non-hydrogen) atoms. The lowest BCUT2D eigenvalue weighted by atomic mass is 10.0. The Morgan fingerprint density at radius 3 is 2.30 bits per heavy atom. The zero-order valence-electron chi connectivity index (χ0n) is 19.8. The molecule has 0 spiro atoms. The lowest BCUT2D eigenvalue weighted by molar-refractivity contribution is -0.140. The summed E-state index contributed by atoms with van der Waals surface area (Å²) in [7, 11) is 1.34. The van der Waals surface area contributed by atoms with Gasteiger partial charge in [-0.25, -0.2) is 5.01 Å². The van der Waals surface area contributed by atoms with Crippen LogP contribution in [0.3, 0.4) is 0 Å². The molecule has 178 valence electrons. The Balaban J connectivity index is 2.17. The summed E-state index contributed by atoms with van der Waals surface area (Å²) in [6.07, 6.45) is 2.71. The number of para-hydroxylation sites is 1. The molecule has 3 N–H and O–H groups in total. The molecule has 2 aromatic carbocycles. The average molecular weight is 454 g/mol. The molecule has 0 aromatic heterocycles. The van der Waals surface area contributed by atoms with E-state index in [9.17, 15) is 14.4 Å². The Hall–Kier alpha value is -3.19. The molecule has 0 bridgehead atoms. The van der Waals surface area contributed by atoms with Gasteiger partial charge in [0, 0.05) is 12.8 Å². The number of anilines is 1. The van der Waals surface area contributed by atoms with E-state index < -0.39 is 6.04 Å². The van der Waals surface area contributed by atoms with Crippen LogP contribution in [0.2, 0.25) is 0 Å². The van der Waals surface area contributed by atoms with Gasteiger partial charge in [-0.05, 0) is 48.8 Å². The van der Waals surface area contributed by atoms with Crippen molar-refractivity contribution in [1.29, 1.82) is 0 Å². The van der Waals surface area contributed by atoms with Crippen molar-refractivity contribution in [1.82, 2.24) is 5.43 Å². The van der Waals surface area contributed by atoms with E-state index in [1.165, 1.54) is 12.1 Å². The molecule has 7 nitrogen and oxygen atoms in total. The number of carbonyl (C=O) groups is 3. The van der Waals surface area contributed by atoms with Crippen molar-refractivity contribution in [2.24, 2.45) is 11.7 Å². The first-order valence-corrected chi connectivity index (χ1v) is 11.4. The third kappa shape index (κ3) is 8.69. The van der Waals surface area contributed by atoms with Crippen molar-refractivity contribution >= 4 is 23.5 Å². The maximum Gasteiger partial charge on any atom is 0.305 e. The molecular formula is C26H35N3O4. The number of methoxy groups -OCH3 is 1. The van der Waals surface area contributed by atoms with Gasteiger partial charge < -0.3 is 10.5 Å². The average Bonchev–Trinajstić information content (AvgIpc) is 2.81. The van der Waals surface area contributed by atoms with E-state index in [4.69, 9.17) is 10.5 Å². The minimum Gasteiger partial charge on any atom is -0.469 e. The zero-order valence-corrected chi connectivity index (χ0v) is 19.8. The van der Waals surface area contributed by atoms with Crippen molar-refractivity contribution in [2.45, 2.75) is 58.4 Å². The van der Waals surface area contributed by atoms with E-state index in [-0.39, 0.29) is 36.5 Å². The Morgan fingerprint density at radius 1 is 0.970 bits per heavy atom. The van der Waals surface area contributed by atoms with Gasteiger partial charge in [0.2, 0.25) is 5.91 Å². The molecule has 2 aromatic rings. The van der Waals surface area contributed by atoms with Gasteiger partial charge in [-0.15, -0.1) is 0 Å². The van der Waals surface area contributed by atoms with E-state index in [0.717, 1.165) is 17.5 Å². The van der Waals surface area contributed by atoms with Crippen LogP contribution in [0.1, 0.15) is 50.7 Å². The summed E-state index contributed by atoms with van der Waals surface area (Å²) < 4.78 is 4.74. The van der Waals surface area contributed by atoms with Gasteiger partial charge in [-0.3, -0.25) is 19.8 Å². The standard InChI is InChI=1S/C26H35N3O4/c1-19(2)18-22(27)26(32)29(23-14-8-7-13-21(23)16-17-25(31)33-3)28-24(30)15-9-12-20-10-5-4-6-11-20/h4-8,10-11,13-14,19,22H,9,12,15-18,27H2,1-3H3,(H,28,30). The fraction of sp³-hybridized carbons (Fsp3) is 0.423. The van der Waals surface area contributed by atoms with Crippen LogP contribution in [0.5, 0.6) is 0 Å². The Labute approximate surface area is 196 Å². The first-order chi connectivity index (χ1) is 15.8. The number of hydrogen-bond acceptors (Lipinski definition) is 5. The van der Waals surface area contributed by atoms with Crippen molar-refractivity contribution < 1.29 is 19.1 Å². The number of nitrogens with two attached hydrogens (primary N) is 1. The number of hydrazine groups is 1. The molecule has 0 heterocycles. The SMILES string of the molecule is COC(=O)CCc1ccccc1N(NC(=O)CCCc1ccccc1)C(=O)C(N)CC(C)C. The normalized spacial score (nSPS) is 11.7. The van der Waals surface area contributed by atoms with Gasteiger partial charge in [0.15, 0.2) is 0 Å². The second-order valence-corrected chi connectivity index (χ2v) is 8.49. The number of amides is 2. The second kappa shape index (κ2) is 13.4. The third-order valence-electron chi connectivity index (χ3n) is 5.27. The number of esters is 1. The van der Waals surface area contributed by atoms with Gasteiger partial charge in [-0.1, -0.05) is 62.4 Å². The fourth-order valence-electron chi connectivity index (χ4n) is 3.57. The number of carbonyl (C=O) groups excluding carboxylic acids is 3. The highest BCUT2D eigenvalue weighted by atomic mass is 16.5. The first-order valence-electron chi connectivity index (χ1n) is 11.4. The second-order valence-electron chi connectivity index (χ2n) is 8.49. The van der Waals surface area contributed by atoms with E-state index in [0.29, 0.717) is 24.9 Å². The zero-order chi connectivity index (χ0) is 24.2. The smallest absolute Gasteiger partial charge is 0.305 e. The van der Waals surface area contributed by atoms with Gasteiger partial charge in [0.1, 0.15) is 0 Å². The molecule has 2 rings (SSSR count). The summed E-state index contributed by atoms with van der Waals surface area (Å²) in [6.45, 7) is 3.98. The largest absolute Gasteiger partial charge is 0.469 e. The summed E-state index contributed by atoms with van der Waals surface area (Å²) in [5, 5.41) is 1.25. The highest BCUT2D eigenvalue weighted by Gasteiger charge is 2.26. The molecule has 0 aliphatic heterocycles. The van der Waals surface area contributed by atoms with Gasteiger partial charge >= 0.3 is 5.97 Å². The quantitative estimate of drug-likeness (QED) is 0.400. The minimum absolute atomic E-state index is 0.165.